The molecular formula is C24H25F4N3O2. The zero-order valence-corrected chi connectivity index (χ0v) is 18.1. The van der Waals surface area contributed by atoms with E-state index in [2.05, 4.69) is 10.3 Å². The van der Waals surface area contributed by atoms with E-state index in [-0.39, 0.29) is 49.5 Å². The van der Waals surface area contributed by atoms with E-state index in [0.29, 0.717) is 5.56 Å². The molecule has 5 nitrogen and oxygen atoms in total. The Morgan fingerprint density at radius 2 is 1.85 bits per heavy atom. The van der Waals surface area contributed by atoms with E-state index in [1.165, 1.54) is 18.3 Å². The van der Waals surface area contributed by atoms with Crippen molar-refractivity contribution in [2.24, 2.45) is 11.8 Å². The molecule has 3 heterocycles. The van der Waals surface area contributed by atoms with Crippen LogP contribution in [0.3, 0.4) is 0 Å². The standard InChI is InChI=1S/C24H25F4N3O2/c1-14-15(6-4-7-18(14)25)21-16(22(32)19-8-2-3-10-30-19)12-29-13-17(21)23(33)31-11-5-9-20(31)24(26,27)28/h2-4,6-8,10,16-17,20-21,29H,5,9,11-13H2,1H3/t16-,17+,20-,21+/m0/s1. The molecule has 2 fully saturated rings. The Bertz CT molecular complexity index is 1030. The number of halogens is 4. The van der Waals surface area contributed by atoms with Gasteiger partial charge in [-0.15, -0.1) is 0 Å². The monoisotopic (exact) mass is 463 g/mol. The van der Waals surface area contributed by atoms with Gasteiger partial charge in [-0.05, 0) is 49.1 Å². The maximum absolute atomic E-state index is 14.5. The lowest BCUT2D eigenvalue weighted by Crippen LogP contribution is -2.54. The second-order valence-corrected chi connectivity index (χ2v) is 8.66. The number of hydrogen-bond donors (Lipinski definition) is 1. The highest BCUT2D eigenvalue weighted by molar-refractivity contribution is 5.97. The third kappa shape index (κ3) is 4.51. The number of likely N-dealkylation sites (tertiary alicyclic amines) is 1. The van der Waals surface area contributed by atoms with Gasteiger partial charge in [0.2, 0.25) is 5.91 Å². The first-order chi connectivity index (χ1) is 15.7. The Kier molecular flexibility index (Phi) is 6.52. The number of carbonyl (C=O) groups is 2. The molecule has 9 heteroatoms. The number of Topliss-reactive ketones (excluding diaryl/α,β-unsaturated/α-hetero) is 1. The van der Waals surface area contributed by atoms with Gasteiger partial charge in [-0.2, -0.15) is 13.2 Å². The topological polar surface area (TPSA) is 62.3 Å². The third-order valence-corrected chi connectivity index (χ3v) is 6.75. The first-order valence-electron chi connectivity index (χ1n) is 11.0. The number of nitrogens with one attached hydrogen (secondary N) is 1. The Morgan fingerprint density at radius 3 is 2.55 bits per heavy atom. The minimum absolute atomic E-state index is 0.00716. The largest absolute Gasteiger partial charge is 0.408 e. The van der Waals surface area contributed by atoms with Crippen molar-refractivity contribution in [3.63, 3.8) is 0 Å². The van der Waals surface area contributed by atoms with Gasteiger partial charge in [0.1, 0.15) is 17.6 Å². The molecule has 1 N–H and O–H groups in total. The molecule has 0 radical (unpaired) electrons. The average Bonchev–Trinajstić information content (AvgIpc) is 3.31. The van der Waals surface area contributed by atoms with Gasteiger partial charge in [-0.25, -0.2) is 4.39 Å². The fourth-order valence-corrected chi connectivity index (χ4v) is 5.13. The Balaban J connectivity index is 1.76. The highest BCUT2D eigenvalue weighted by Crippen LogP contribution is 2.41. The summed E-state index contributed by atoms with van der Waals surface area (Å²) < 4.78 is 55.2. The number of rotatable bonds is 4. The molecule has 1 aromatic carbocycles. The first kappa shape index (κ1) is 23.4. The second-order valence-electron chi connectivity index (χ2n) is 8.66. The van der Waals surface area contributed by atoms with E-state index < -0.39 is 41.7 Å². The van der Waals surface area contributed by atoms with Crippen LogP contribution in [0.5, 0.6) is 0 Å². The van der Waals surface area contributed by atoms with Crippen LogP contribution in [0, 0.1) is 24.6 Å². The molecule has 1 aromatic heterocycles. The summed E-state index contributed by atoms with van der Waals surface area (Å²) >= 11 is 0. The smallest absolute Gasteiger partial charge is 0.330 e. The van der Waals surface area contributed by atoms with E-state index in [1.54, 1.807) is 31.2 Å². The van der Waals surface area contributed by atoms with Crippen molar-refractivity contribution in [3.05, 3.63) is 65.2 Å². The van der Waals surface area contributed by atoms with Crippen LogP contribution in [0.1, 0.15) is 40.4 Å². The molecule has 1 amide bonds. The molecule has 2 saturated heterocycles. The summed E-state index contributed by atoms with van der Waals surface area (Å²) in [6, 6.07) is 7.49. The van der Waals surface area contributed by atoms with Gasteiger partial charge >= 0.3 is 6.18 Å². The molecule has 0 unspecified atom stereocenters. The van der Waals surface area contributed by atoms with Crippen molar-refractivity contribution in [1.82, 2.24) is 15.2 Å². The molecule has 176 valence electrons. The van der Waals surface area contributed by atoms with Crippen LogP contribution < -0.4 is 5.32 Å². The number of aromatic nitrogens is 1. The maximum atomic E-state index is 14.5. The van der Waals surface area contributed by atoms with Gasteiger partial charge in [0.25, 0.3) is 0 Å². The molecular weight excluding hydrogens is 438 g/mol. The fourth-order valence-electron chi connectivity index (χ4n) is 5.13. The van der Waals surface area contributed by atoms with Gasteiger partial charge in [0.15, 0.2) is 5.78 Å². The minimum atomic E-state index is -4.53. The molecule has 2 aromatic rings. The summed E-state index contributed by atoms with van der Waals surface area (Å²) in [5, 5.41) is 3.06. The Hall–Kier alpha value is -2.81. The number of carbonyl (C=O) groups excluding carboxylic acids is 2. The molecule has 2 aliphatic rings. The Labute approximate surface area is 189 Å². The van der Waals surface area contributed by atoms with Crippen molar-refractivity contribution in [2.45, 2.75) is 37.9 Å². The molecule has 4 atom stereocenters. The normalized spacial score (nSPS) is 25.8. The van der Waals surface area contributed by atoms with Gasteiger partial charge < -0.3 is 10.2 Å². The van der Waals surface area contributed by atoms with Gasteiger partial charge in [0, 0.05) is 37.7 Å². The van der Waals surface area contributed by atoms with E-state index in [1.807, 2.05) is 0 Å². The van der Waals surface area contributed by atoms with E-state index in [9.17, 15) is 27.2 Å². The van der Waals surface area contributed by atoms with Crippen molar-refractivity contribution in [2.75, 3.05) is 19.6 Å². The summed E-state index contributed by atoms with van der Waals surface area (Å²) in [7, 11) is 0. The minimum Gasteiger partial charge on any atom is -0.330 e. The zero-order chi connectivity index (χ0) is 23.8. The van der Waals surface area contributed by atoms with Crippen molar-refractivity contribution < 1.29 is 27.2 Å². The molecule has 0 spiro atoms. The second kappa shape index (κ2) is 9.21. The molecule has 4 rings (SSSR count). The summed E-state index contributed by atoms with van der Waals surface area (Å²) in [5.41, 5.74) is 0.951. The molecule has 33 heavy (non-hydrogen) atoms. The highest BCUT2D eigenvalue weighted by atomic mass is 19.4. The van der Waals surface area contributed by atoms with E-state index in [0.717, 1.165) is 4.90 Å². The van der Waals surface area contributed by atoms with E-state index in [4.69, 9.17) is 0 Å². The molecule has 0 aliphatic carbocycles. The number of nitrogens with zero attached hydrogens (tertiary/aromatic N) is 2. The van der Waals surface area contributed by atoms with Gasteiger partial charge in [0.05, 0.1) is 5.92 Å². The molecule has 2 aliphatic heterocycles. The predicted molar refractivity (Wildman–Crippen MR) is 113 cm³/mol. The summed E-state index contributed by atoms with van der Waals surface area (Å²) in [6.45, 7) is 1.88. The van der Waals surface area contributed by atoms with Gasteiger partial charge in [-0.1, -0.05) is 18.2 Å². The summed E-state index contributed by atoms with van der Waals surface area (Å²) in [5.74, 6) is -3.98. The summed E-state index contributed by atoms with van der Waals surface area (Å²) in [4.78, 5) is 31.9. The van der Waals surface area contributed by atoms with Crippen molar-refractivity contribution in [3.8, 4) is 0 Å². The number of pyridine rings is 1. The quantitative estimate of drug-likeness (QED) is 0.552. The van der Waals surface area contributed by atoms with Crippen molar-refractivity contribution in [1.29, 1.82) is 0 Å². The van der Waals surface area contributed by atoms with Gasteiger partial charge in [-0.3, -0.25) is 14.6 Å². The number of ketones is 1. The van der Waals surface area contributed by atoms with Crippen molar-refractivity contribution >= 4 is 11.7 Å². The highest BCUT2D eigenvalue weighted by Gasteiger charge is 2.51. The zero-order valence-electron chi connectivity index (χ0n) is 18.1. The number of piperidine rings is 1. The SMILES string of the molecule is Cc1c(F)cccc1[C@@H]1[C@@H](C(=O)c2ccccn2)CNC[C@H]1C(=O)N1CCC[C@H]1C(F)(F)F. The van der Waals surface area contributed by atoms with Crippen LogP contribution in [0.2, 0.25) is 0 Å². The summed E-state index contributed by atoms with van der Waals surface area (Å²) in [6.07, 6.45) is -2.93. The third-order valence-electron chi connectivity index (χ3n) is 6.75. The van der Waals surface area contributed by atoms with Crippen LogP contribution in [-0.2, 0) is 4.79 Å². The lowest BCUT2D eigenvalue weighted by atomic mass is 9.70. The lowest BCUT2D eigenvalue weighted by molar-refractivity contribution is -0.185. The van der Waals surface area contributed by atoms with Crippen LogP contribution >= 0.6 is 0 Å². The maximum Gasteiger partial charge on any atom is 0.408 e. The number of hydrogen-bond acceptors (Lipinski definition) is 4. The number of amides is 1. The molecule has 0 saturated carbocycles. The average molecular weight is 463 g/mol. The predicted octanol–water partition coefficient (Wildman–Crippen LogP) is 3.88. The van der Waals surface area contributed by atoms with Crippen LogP contribution in [0.25, 0.3) is 0 Å². The van der Waals surface area contributed by atoms with Crippen LogP contribution in [-0.4, -0.2) is 53.4 Å². The fraction of sp³-hybridized carbons (Fsp3) is 0.458. The van der Waals surface area contributed by atoms with E-state index >= 15 is 0 Å². The van der Waals surface area contributed by atoms with Crippen LogP contribution in [0.15, 0.2) is 42.6 Å². The van der Waals surface area contributed by atoms with Crippen LogP contribution in [0.4, 0.5) is 17.6 Å². The molecule has 0 bridgehead atoms. The Morgan fingerprint density at radius 1 is 1.09 bits per heavy atom. The lowest BCUT2D eigenvalue weighted by Gasteiger charge is -2.40. The number of alkyl halides is 3. The first-order valence-corrected chi connectivity index (χ1v) is 11.0. The number of benzene rings is 1.